The minimum absolute atomic E-state index is 0.116. The van der Waals surface area contributed by atoms with E-state index in [1.54, 1.807) is 0 Å². The maximum absolute atomic E-state index is 12.3. The molecule has 1 aliphatic rings. The lowest BCUT2D eigenvalue weighted by Gasteiger charge is -2.32. The summed E-state index contributed by atoms with van der Waals surface area (Å²) in [6.45, 7) is 4.31. The highest BCUT2D eigenvalue weighted by molar-refractivity contribution is 7.10. The molecule has 3 heterocycles. The van der Waals surface area contributed by atoms with E-state index in [1.807, 2.05) is 23.6 Å². The van der Waals surface area contributed by atoms with Gasteiger partial charge in [0.1, 0.15) is 0 Å². The van der Waals surface area contributed by atoms with Gasteiger partial charge in [0.25, 0.3) is 0 Å². The van der Waals surface area contributed by atoms with Crippen molar-refractivity contribution < 1.29 is 4.79 Å². The van der Waals surface area contributed by atoms with E-state index < -0.39 is 0 Å². The van der Waals surface area contributed by atoms with Crippen molar-refractivity contribution in [3.63, 3.8) is 0 Å². The van der Waals surface area contributed by atoms with Crippen molar-refractivity contribution in [1.29, 1.82) is 0 Å². The van der Waals surface area contributed by atoms with Gasteiger partial charge in [-0.05, 0) is 48.4 Å². The summed E-state index contributed by atoms with van der Waals surface area (Å²) in [6, 6.07) is 10.8. The van der Waals surface area contributed by atoms with Crippen molar-refractivity contribution in [3.8, 4) is 0 Å². The number of H-pyrrole nitrogens is 1. The lowest BCUT2D eigenvalue weighted by Crippen LogP contribution is -2.41. The molecule has 1 amide bonds. The third kappa shape index (κ3) is 3.34. The van der Waals surface area contributed by atoms with Crippen LogP contribution in [-0.2, 0) is 17.6 Å². The van der Waals surface area contributed by atoms with Gasteiger partial charge >= 0.3 is 0 Å². The number of nitrogens with one attached hydrogen (secondary N) is 2. The zero-order valence-corrected chi connectivity index (χ0v) is 15.2. The van der Waals surface area contributed by atoms with Crippen LogP contribution in [-0.4, -0.2) is 35.4 Å². The van der Waals surface area contributed by atoms with Crippen LogP contribution in [0.2, 0.25) is 0 Å². The average molecular weight is 353 g/mol. The summed E-state index contributed by atoms with van der Waals surface area (Å²) >= 11 is 1.83. The number of aromatic amines is 1. The van der Waals surface area contributed by atoms with E-state index in [2.05, 4.69) is 51.8 Å². The van der Waals surface area contributed by atoms with Gasteiger partial charge in [-0.1, -0.05) is 18.2 Å². The van der Waals surface area contributed by atoms with E-state index in [4.69, 9.17) is 0 Å². The maximum Gasteiger partial charge on any atom is 0.234 e. The van der Waals surface area contributed by atoms with Crippen molar-refractivity contribution in [2.75, 3.05) is 19.6 Å². The molecule has 0 fully saturated rings. The molecular formula is C20H23N3OS. The van der Waals surface area contributed by atoms with Crippen LogP contribution in [0.1, 0.15) is 29.0 Å². The number of amides is 1. The Bertz CT molecular complexity index is 882. The smallest absolute Gasteiger partial charge is 0.234 e. The van der Waals surface area contributed by atoms with Gasteiger partial charge in [-0.2, -0.15) is 0 Å². The predicted molar refractivity (Wildman–Crippen MR) is 103 cm³/mol. The molecule has 0 unspecified atom stereocenters. The van der Waals surface area contributed by atoms with Crippen molar-refractivity contribution >= 4 is 28.1 Å². The van der Waals surface area contributed by atoms with Crippen LogP contribution in [0.15, 0.2) is 41.9 Å². The average Bonchev–Trinajstić information content (AvgIpc) is 3.25. The zero-order valence-electron chi connectivity index (χ0n) is 14.4. The van der Waals surface area contributed by atoms with Gasteiger partial charge in [0, 0.05) is 41.1 Å². The molecule has 0 saturated carbocycles. The molecule has 2 N–H and O–H groups in total. The maximum atomic E-state index is 12.3. The molecule has 0 bridgehead atoms. The second kappa shape index (κ2) is 7.02. The normalized spacial score (nSPS) is 17.6. The summed E-state index contributed by atoms with van der Waals surface area (Å²) in [5, 5.41) is 6.48. The number of fused-ring (bicyclic) bond motifs is 2. The zero-order chi connectivity index (χ0) is 17.2. The molecule has 4 rings (SSSR count). The quantitative estimate of drug-likeness (QED) is 0.737. The third-order valence-corrected chi connectivity index (χ3v) is 6.14. The number of benzene rings is 1. The molecule has 0 spiro atoms. The molecule has 0 saturated heterocycles. The Morgan fingerprint density at radius 2 is 2.24 bits per heavy atom. The summed E-state index contributed by atoms with van der Waals surface area (Å²) in [6.07, 6.45) is 3.95. The van der Waals surface area contributed by atoms with E-state index in [0.29, 0.717) is 19.1 Å². The Morgan fingerprint density at radius 3 is 3.16 bits per heavy atom. The Kier molecular flexibility index (Phi) is 4.59. The van der Waals surface area contributed by atoms with Crippen molar-refractivity contribution in [2.45, 2.75) is 25.8 Å². The molecule has 0 radical (unpaired) electrons. The molecule has 2 aromatic heterocycles. The molecule has 1 aliphatic heterocycles. The molecule has 4 nitrogen and oxygen atoms in total. The molecule has 0 aliphatic carbocycles. The van der Waals surface area contributed by atoms with E-state index in [0.717, 1.165) is 24.9 Å². The summed E-state index contributed by atoms with van der Waals surface area (Å²) in [5.74, 6) is 0.116. The molecular weight excluding hydrogens is 330 g/mol. The van der Waals surface area contributed by atoms with E-state index in [1.165, 1.54) is 21.4 Å². The van der Waals surface area contributed by atoms with Gasteiger partial charge in [-0.25, -0.2) is 0 Å². The number of nitrogens with zero attached hydrogens (tertiary/aromatic N) is 1. The second-order valence-electron chi connectivity index (χ2n) is 6.66. The number of para-hydroxylation sites is 1. The Morgan fingerprint density at radius 1 is 1.36 bits per heavy atom. The summed E-state index contributed by atoms with van der Waals surface area (Å²) in [5.41, 5.74) is 3.80. The van der Waals surface area contributed by atoms with Gasteiger partial charge in [0.2, 0.25) is 5.91 Å². The summed E-state index contributed by atoms with van der Waals surface area (Å²) < 4.78 is 0. The van der Waals surface area contributed by atoms with Gasteiger partial charge in [0.05, 0.1) is 6.54 Å². The van der Waals surface area contributed by atoms with Gasteiger partial charge in [-0.3, -0.25) is 9.69 Å². The van der Waals surface area contributed by atoms with Crippen LogP contribution >= 0.6 is 11.3 Å². The Balaban J connectivity index is 1.30. The first kappa shape index (κ1) is 16.4. The SMILES string of the molecule is C[C@H]1c2ccsc2CCN1CC(=O)NCCc1c[nH]c2ccccc12. The van der Waals surface area contributed by atoms with Crippen LogP contribution < -0.4 is 5.32 Å². The number of hydrogen-bond donors (Lipinski definition) is 2. The van der Waals surface area contributed by atoms with E-state index in [9.17, 15) is 4.79 Å². The third-order valence-electron chi connectivity index (χ3n) is 5.14. The van der Waals surface area contributed by atoms with E-state index >= 15 is 0 Å². The first-order valence-corrected chi connectivity index (χ1v) is 9.72. The molecule has 1 aromatic carbocycles. The Hall–Kier alpha value is -2.11. The largest absolute Gasteiger partial charge is 0.361 e. The topological polar surface area (TPSA) is 48.1 Å². The molecule has 130 valence electrons. The fourth-order valence-corrected chi connectivity index (χ4v) is 4.66. The number of thiophene rings is 1. The molecule has 3 aromatic rings. The predicted octanol–water partition coefficient (Wildman–Crippen LogP) is 3.51. The number of carbonyl (C=O) groups excluding carboxylic acids is 1. The number of rotatable bonds is 5. The van der Waals surface area contributed by atoms with Crippen molar-refractivity contribution in [2.24, 2.45) is 0 Å². The highest BCUT2D eigenvalue weighted by Gasteiger charge is 2.25. The van der Waals surface area contributed by atoms with Crippen molar-refractivity contribution in [3.05, 3.63) is 57.9 Å². The fourth-order valence-electron chi connectivity index (χ4n) is 3.69. The fraction of sp³-hybridized carbons (Fsp3) is 0.350. The molecule has 5 heteroatoms. The first-order chi connectivity index (χ1) is 12.2. The van der Waals surface area contributed by atoms with Crippen LogP contribution in [0.4, 0.5) is 0 Å². The number of hydrogen-bond acceptors (Lipinski definition) is 3. The summed E-state index contributed by atoms with van der Waals surface area (Å²) in [7, 11) is 0. The van der Waals surface area contributed by atoms with Gasteiger partial charge in [-0.15, -0.1) is 11.3 Å². The Labute approximate surface area is 151 Å². The van der Waals surface area contributed by atoms with E-state index in [-0.39, 0.29) is 5.91 Å². The first-order valence-electron chi connectivity index (χ1n) is 8.84. The second-order valence-corrected chi connectivity index (χ2v) is 7.66. The van der Waals surface area contributed by atoms with Gasteiger partial charge < -0.3 is 10.3 Å². The number of aromatic nitrogens is 1. The lowest BCUT2D eigenvalue weighted by molar-refractivity contribution is -0.122. The standard InChI is InChI=1S/C20H23N3OS/c1-14-16-8-11-25-19(16)7-10-23(14)13-20(24)21-9-6-15-12-22-18-5-3-2-4-17(15)18/h2-5,8,11-12,14,22H,6-7,9-10,13H2,1H3,(H,21,24)/t14-/m0/s1. The highest BCUT2D eigenvalue weighted by atomic mass is 32.1. The lowest BCUT2D eigenvalue weighted by atomic mass is 10.0. The monoisotopic (exact) mass is 353 g/mol. The summed E-state index contributed by atoms with van der Waals surface area (Å²) in [4.78, 5) is 19.4. The van der Waals surface area contributed by atoms with Crippen LogP contribution in [0, 0.1) is 0 Å². The molecule has 1 atom stereocenters. The van der Waals surface area contributed by atoms with Crippen LogP contribution in [0.5, 0.6) is 0 Å². The van der Waals surface area contributed by atoms with Crippen molar-refractivity contribution in [1.82, 2.24) is 15.2 Å². The number of carbonyl (C=O) groups is 1. The van der Waals surface area contributed by atoms with Crippen LogP contribution in [0.25, 0.3) is 10.9 Å². The molecule has 25 heavy (non-hydrogen) atoms. The minimum Gasteiger partial charge on any atom is -0.361 e. The minimum atomic E-state index is 0.116. The highest BCUT2D eigenvalue weighted by Crippen LogP contribution is 2.32. The van der Waals surface area contributed by atoms with Gasteiger partial charge in [0.15, 0.2) is 0 Å². The van der Waals surface area contributed by atoms with Crippen LogP contribution in [0.3, 0.4) is 0 Å².